The van der Waals surface area contributed by atoms with Crippen molar-refractivity contribution in [3.05, 3.63) is 132 Å². The number of nitrogens with zero attached hydrogens (tertiary/aromatic N) is 3. The molecule has 4 nitrogen and oxygen atoms in total. The standard InChI is InChI=1S/C37H25N3O/c1-3-11-25(12-4-1)35-38-36(26-13-5-2-6-14-26)40-37(39-35)28-19-21-32-31-20-18-27(22-33(31)41-34(32)23-28)30-17-9-15-24-10-7-8-16-29(24)30/h1-6,8-9,11-23H,7,10H2. The molecule has 0 aliphatic heterocycles. The van der Waals surface area contributed by atoms with Crippen LogP contribution in [-0.2, 0) is 6.42 Å². The molecule has 8 rings (SSSR count). The van der Waals surface area contributed by atoms with Crippen molar-refractivity contribution in [2.45, 2.75) is 12.8 Å². The summed E-state index contributed by atoms with van der Waals surface area (Å²) in [5.41, 5.74) is 9.59. The summed E-state index contributed by atoms with van der Waals surface area (Å²) in [6, 6.07) is 39.4. The summed E-state index contributed by atoms with van der Waals surface area (Å²) < 4.78 is 6.46. The molecule has 0 bridgehead atoms. The highest BCUT2D eigenvalue weighted by Crippen LogP contribution is 2.37. The predicted octanol–water partition coefficient (Wildman–Crippen LogP) is 9.40. The van der Waals surface area contributed by atoms with Crippen molar-refractivity contribution in [1.29, 1.82) is 0 Å². The quantitative estimate of drug-likeness (QED) is 0.229. The molecule has 2 aromatic heterocycles. The smallest absolute Gasteiger partial charge is 0.164 e. The molecule has 194 valence electrons. The average molecular weight is 528 g/mol. The monoisotopic (exact) mass is 527 g/mol. The summed E-state index contributed by atoms with van der Waals surface area (Å²) in [6.45, 7) is 0. The van der Waals surface area contributed by atoms with Gasteiger partial charge in [0.1, 0.15) is 11.2 Å². The topological polar surface area (TPSA) is 51.8 Å². The van der Waals surface area contributed by atoms with Crippen LogP contribution in [0.2, 0.25) is 0 Å². The van der Waals surface area contributed by atoms with Gasteiger partial charge in [-0.05, 0) is 59.4 Å². The number of benzene rings is 5. The summed E-state index contributed by atoms with van der Waals surface area (Å²) in [6.07, 6.45) is 6.71. The molecule has 5 aromatic carbocycles. The van der Waals surface area contributed by atoms with Gasteiger partial charge in [0.25, 0.3) is 0 Å². The van der Waals surface area contributed by atoms with Gasteiger partial charge in [-0.25, -0.2) is 15.0 Å². The molecular formula is C37H25N3O. The number of allylic oxidation sites excluding steroid dienone is 1. The van der Waals surface area contributed by atoms with E-state index in [1.807, 2.05) is 66.7 Å². The Morgan fingerprint density at radius 2 is 1.10 bits per heavy atom. The highest BCUT2D eigenvalue weighted by atomic mass is 16.3. The van der Waals surface area contributed by atoms with Gasteiger partial charge >= 0.3 is 0 Å². The van der Waals surface area contributed by atoms with E-state index in [0.29, 0.717) is 17.5 Å². The van der Waals surface area contributed by atoms with Gasteiger partial charge in [0.15, 0.2) is 17.5 Å². The highest BCUT2D eigenvalue weighted by Gasteiger charge is 2.16. The number of aryl methyl sites for hydroxylation is 1. The average Bonchev–Trinajstić information content (AvgIpc) is 3.42. The Morgan fingerprint density at radius 3 is 1.76 bits per heavy atom. The Labute approximate surface area is 237 Å². The molecular weight excluding hydrogens is 502 g/mol. The Morgan fingerprint density at radius 1 is 0.512 bits per heavy atom. The summed E-state index contributed by atoms with van der Waals surface area (Å²) in [5.74, 6) is 1.90. The summed E-state index contributed by atoms with van der Waals surface area (Å²) in [7, 11) is 0. The zero-order chi connectivity index (χ0) is 27.2. The number of aromatic nitrogens is 3. The van der Waals surface area contributed by atoms with E-state index in [9.17, 15) is 0 Å². The van der Waals surface area contributed by atoms with Gasteiger partial charge in [0.05, 0.1) is 0 Å². The summed E-state index contributed by atoms with van der Waals surface area (Å²) in [5, 5.41) is 2.17. The zero-order valence-corrected chi connectivity index (χ0v) is 22.3. The second kappa shape index (κ2) is 9.68. The Bertz CT molecular complexity index is 2040. The van der Waals surface area contributed by atoms with Crippen molar-refractivity contribution in [2.24, 2.45) is 0 Å². The molecule has 0 amide bonds. The van der Waals surface area contributed by atoms with Crippen LogP contribution >= 0.6 is 0 Å². The van der Waals surface area contributed by atoms with E-state index in [1.165, 1.54) is 16.7 Å². The number of furan rings is 1. The number of hydrogen-bond donors (Lipinski definition) is 0. The van der Waals surface area contributed by atoms with Gasteiger partial charge in [0, 0.05) is 27.5 Å². The minimum Gasteiger partial charge on any atom is -0.456 e. The molecule has 0 N–H and O–H groups in total. The van der Waals surface area contributed by atoms with Crippen LogP contribution in [-0.4, -0.2) is 15.0 Å². The Balaban J connectivity index is 1.25. The minimum absolute atomic E-state index is 0.614. The van der Waals surface area contributed by atoms with E-state index < -0.39 is 0 Å². The van der Waals surface area contributed by atoms with Crippen LogP contribution in [0.3, 0.4) is 0 Å². The van der Waals surface area contributed by atoms with Crippen molar-refractivity contribution >= 4 is 28.0 Å². The first-order valence-electron chi connectivity index (χ1n) is 13.9. The lowest BCUT2D eigenvalue weighted by atomic mass is 9.90. The van der Waals surface area contributed by atoms with E-state index in [1.54, 1.807) is 0 Å². The molecule has 7 aromatic rings. The van der Waals surface area contributed by atoms with E-state index in [0.717, 1.165) is 57.0 Å². The first-order valence-corrected chi connectivity index (χ1v) is 13.9. The van der Waals surface area contributed by atoms with Gasteiger partial charge < -0.3 is 4.42 Å². The van der Waals surface area contributed by atoms with Crippen molar-refractivity contribution in [3.63, 3.8) is 0 Å². The first kappa shape index (κ1) is 23.5. The van der Waals surface area contributed by atoms with Gasteiger partial charge in [-0.3, -0.25) is 0 Å². The molecule has 0 radical (unpaired) electrons. The summed E-state index contributed by atoms with van der Waals surface area (Å²) >= 11 is 0. The highest BCUT2D eigenvalue weighted by molar-refractivity contribution is 6.07. The number of fused-ring (bicyclic) bond motifs is 4. The first-order chi connectivity index (χ1) is 20.3. The predicted molar refractivity (Wildman–Crippen MR) is 166 cm³/mol. The third kappa shape index (κ3) is 4.21. The third-order valence-corrected chi connectivity index (χ3v) is 7.80. The molecule has 41 heavy (non-hydrogen) atoms. The lowest BCUT2D eigenvalue weighted by Gasteiger charge is -2.15. The number of rotatable bonds is 4. The zero-order valence-electron chi connectivity index (χ0n) is 22.3. The minimum atomic E-state index is 0.614. The van der Waals surface area contributed by atoms with Gasteiger partial charge in [-0.2, -0.15) is 0 Å². The molecule has 0 spiro atoms. The fourth-order valence-corrected chi connectivity index (χ4v) is 5.74. The molecule has 2 heterocycles. The molecule has 0 saturated carbocycles. The van der Waals surface area contributed by atoms with Crippen LogP contribution in [0.4, 0.5) is 0 Å². The van der Waals surface area contributed by atoms with Crippen molar-refractivity contribution < 1.29 is 4.42 Å². The lowest BCUT2D eigenvalue weighted by Crippen LogP contribution is -2.00. The van der Waals surface area contributed by atoms with Crippen LogP contribution in [0, 0.1) is 0 Å². The molecule has 0 atom stereocenters. The van der Waals surface area contributed by atoms with Crippen LogP contribution in [0.15, 0.2) is 126 Å². The second-order valence-electron chi connectivity index (χ2n) is 10.4. The van der Waals surface area contributed by atoms with Crippen LogP contribution in [0.25, 0.3) is 73.3 Å². The van der Waals surface area contributed by atoms with Gasteiger partial charge in [-0.15, -0.1) is 0 Å². The Hall–Kier alpha value is -5.35. The maximum Gasteiger partial charge on any atom is 0.164 e. The SMILES string of the molecule is C1=Cc2c(cccc2-c2ccc3c(c2)oc2cc(-c4nc(-c5ccccc5)nc(-c5ccccc5)n4)ccc23)CC1. The van der Waals surface area contributed by atoms with E-state index in [4.69, 9.17) is 19.4 Å². The van der Waals surface area contributed by atoms with Crippen LogP contribution in [0.1, 0.15) is 17.5 Å². The lowest BCUT2D eigenvalue weighted by molar-refractivity contribution is 0.669. The van der Waals surface area contributed by atoms with Crippen LogP contribution < -0.4 is 0 Å². The Kier molecular flexibility index (Phi) is 5.56. The molecule has 1 aliphatic carbocycles. The van der Waals surface area contributed by atoms with Gasteiger partial charge in [-0.1, -0.05) is 103 Å². The van der Waals surface area contributed by atoms with Gasteiger partial charge in [0.2, 0.25) is 0 Å². The number of hydrogen-bond acceptors (Lipinski definition) is 4. The van der Waals surface area contributed by atoms with E-state index in [2.05, 4.69) is 60.7 Å². The largest absolute Gasteiger partial charge is 0.456 e. The van der Waals surface area contributed by atoms with Crippen molar-refractivity contribution in [3.8, 4) is 45.3 Å². The normalized spacial score (nSPS) is 12.6. The third-order valence-electron chi connectivity index (χ3n) is 7.80. The molecule has 4 heteroatoms. The maximum atomic E-state index is 6.46. The molecule has 0 saturated heterocycles. The van der Waals surface area contributed by atoms with Crippen molar-refractivity contribution in [1.82, 2.24) is 15.0 Å². The molecule has 1 aliphatic rings. The summed E-state index contributed by atoms with van der Waals surface area (Å²) in [4.78, 5) is 14.6. The molecule has 0 unspecified atom stereocenters. The molecule has 0 fully saturated rings. The van der Waals surface area contributed by atoms with Crippen LogP contribution in [0.5, 0.6) is 0 Å². The fraction of sp³-hybridized carbons (Fsp3) is 0.0541. The fourth-order valence-electron chi connectivity index (χ4n) is 5.74. The van der Waals surface area contributed by atoms with E-state index >= 15 is 0 Å². The second-order valence-corrected chi connectivity index (χ2v) is 10.4. The maximum absolute atomic E-state index is 6.46. The van der Waals surface area contributed by atoms with Crippen molar-refractivity contribution in [2.75, 3.05) is 0 Å². The van der Waals surface area contributed by atoms with E-state index in [-0.39, 0.29) is 0 Å².